The van der Waals surface area contributed by atoms with Gasteiger partial charge in [-0.05, 0) is 57.2 Å². The Bertz CT molecular complexity index is 432. The number of hydrogen-bond acceptors (Lipinski definition) is 4. The number of methoxy groups -OCH3 is 1. The lowest BCUT2D eigenvalue weighted by Gasteiger charge is -2.26. The molecular formula is C15H24N4OS. The van der Waals surface area contributed by atoms with Crippen molar-refractivity contribution in [2.45, 2.75) is 25.7 Å². The second-order valence-electron chi connectivity index (χ2n) is 5.23. The molecule has 6 heteroatoms. The van der Waals surface area contributed by atoms with Gasteiger partial charge in [0.1, 0.15) is 0 Å². The molecular weight excluding hydrogens is 284 g/mol. The Morgan fingerprint density at radius 2 is 2.14 bits per heavy atom. The van der Waals surface area contributed by atoms with Crippen molar-refractivity contribution in [3.63, 3.8) is 0 Å². The molecule has 1 aromatic heterocycles. The summed E-state index contributed by atoms with van der Waals surface area (Å²) < 4.78 is 5.02. The number of ether oxygens (including phenoxy) is 1. The molecule has 1 fully saturated rings. The lowest BCUT2D eigenvalue weighted by atomic mass is 10.1. The molecule has 0 spiro atoms. The van der Waals surface area contributed by atoms with Crippen LogP contribution in [0.5, 0.6) is 5.88 Å². The smallest absolute Gasteiger partial charge is 0.213 e. The van der Waals surface area contributed by atoms with Crippen molar-refractivity contribution in [3.05, 3.63) is 18.3 Å². The van der Waals surface area contributed by atoms with Crippen LogP contribution >= 0.6 is 12.2 Å². The Kier molecular flexibility index (Phi) is 6.69. The molecule has 0 atom stereocenters. The fourth-order valence-electron chi connectivity index (χ4n) is 2.44. The van der Waals surface area contributed by atoms with Crippen LogP contribution < -0.4 is 15.4 Å². The predicted octanol–water partition coefficient (Wildman–Crippen LogP) is 2.25. The standard InChI is InChI=1S/C15H24N4OS/c1-20-14-7-6-13(12-17-14)18-15(21)16-8-5-11-19-9-3-2-4-10-19/h6-7,12H,2-5,8-11H2,1H3,(H2,16,18,21). The van der Waals surface area contributed by atoms with Gasteiger partial charge in [0, 0.05) is 12.6 Å². The van der Waals surface area contributed by atoms with Crippen LogP contribution in [0, 0.1) is 0 Å². The van der Waals surface area contributed by atoms with E-state index >= 15 is 0 Å². The summed E-state index contributed by atoms with van der Waals surface area (Å²) in [5.74, 6) is 0.598. The largest absolute Gasteiger partial charge is 0.481 e. The van der Waals surface area contributed by atoms with Crippen molar-refractivity contribution in [1.29, 1.82) is 0 Å². The lowest BCUT2D eigenvalue weighted by Crippen LogP contribution is -2.34. The summed E-state index contributed by atoms with van der Waals surface area (Å²) in [4.78, 5) is 6.67. The van der Waals surface area contributed by atoms with Crippen molar-refractivity contribution in [3.8, 4) is 5.88 Å². The molecule has 1 aromatic rings. The summed E-state index contributed by atoms with van der Waals surface area (Å²) in [7, 11) is 1.60. The van der Waals surface area contributed by atoms with E-state index in [1.807, 2.05) is 6.07 Å². The van der Waals surface area contributed by atoms with Crippen LogP contribution in [-0.4, -0.2) is 48.3 Å². The van der Waals surface area contributed by atoms with E-state index in [1.165, 1.54) is 32.4 Å². The van der Waals surface area contributed by atoms with Crippen molar-refractivity contribution in [1.82, 2.24) is 15.2 Å². The topological polar surface area (TPSA) is 49.4 Å². The van der Waals surface area contributed by atoms with Crippen molar-refractivity contribution in [2.24, 2.45) is 0 Å². The minimum atomic E-state index is 0.598. The SMILES string of the molecule is COc1ccc(NC(=S)NCCCN2CCCCC2)cn1. The van der Waals surface area contributed by atoms with E-state index in [1.54, 1.807) is 19.4 Å². The molecule has 0 aromatic carbocycles. The molecule has 2 N–H and O–H groups in total. The third-order valence-electron chi connectivity index (χ3n) is 3.59. The second-order valence-corrected chi connectivity index (χ2v) is 5.63. The Labute approximate surface area is 132 Å². The quantitative estimate of drug-likeness (QED) is 0.621. The molecule has 5 nitrogen and oxygen atoms in total. The predicted molar refractivity (Wildman–Crippen MR) is 89.9 cm³/mol. The Morgan fingerprint density at radius 3 is 2.81 bits per heavy atom. The van der Waals surface area contributed by atoms with Crippen LogP contribution in [-0.2, 0) is 0 Å². The van der Waals surface area contributed by atoms with E-state index < -0.39 is 0 Å². The van der Waals surface area contributed by atoms with Gasteiger partial charge in [-0.1, -0.05) is 6.42 Å². The summed E-state index contributed by atoms with van der Waals surface area (Å²) in [5.41, 5.74) is 0.865. The number of hydrogen-bond donors (Lipinski definition) is 2. The van der Waals surface area contributed by atoms with E-state index in [-0.39, 0.29) is 0 Å². The van der Waals surface area contributed by atoms with Gasteiger partial charge in [0.05, 0.1) is 19.0 Å². The number of rotatable bonds is 6. The molecule has 1 aliphatic heterocycles. The number of likely N-dealkylation sites (tertiary alicyclic amines) is 1. The molecule has 0 unspecified atom stereocenters. The number of piperidine rings is 1. The van der Waals surface area contributed by atoms with E-state index in [0.29, 0.717) is 11.0 Å². The number of pyridine rings is 1. The third-order valence-corrected chi connectivity index (χ3v) is 3.84. The summed E-state index contributed by atoms with van der Waals surface area (Å²) in [6.07, 6.45) is 6.90. The van der Waals surface area contributed by atoms with Crippen molar-refractivity contribution in [2.75, 3.05) is 38.6 Å². The first-order valence-corrected chi connectivity index (χ1v) is 7.96. The molecule has 0 saturated carbocycles. The minimum Gasteiger partial charge on any atom is -0.481 e. The Balaban J connectivity index is 1.60. The van der Waals surface area contributed by atoms with Crippen molar-refractivity contribution >= 4 is 23.0 Å². The highest BCUT2D eigenvalue weighted by Crippen LogP contribution is 2.11. The number of anilines is 1. The average Bonchev–Trinajstić information content (AvgIpc) is 2.53. The summed E-state index contributed by atoms with van der Waals surface area (Å²) in [6.45, 7) is 4.55. The number of nitrogens with zero attached hydrogens (tertiary/aromatic N) is 2. The Hall–Kier alpha value is -1.40. The van der Waals surface area contributed by atoms with Gasteiger partial charge < -0.3 is 20.3 Å². The maximum absolute atomic E-state index is 5.27. The van der Waals surface area contributed by atoms with Crippen LogP contribution in [0.1, 0.15) is 25.7 Å². The summed E-state index contributed by atoms with van der Waals surface area (Å²) >= 11 is 5.27. The van der Waals surface area contributed by atoms with Gasteiger partial charge in [-0.25, -0.2) is 4.98 Å². The molecule has 2 heterocycles. The first-order valence-electron chi connectivity index (χ1n) is 7.55. The van der Waals surface area contributed by atoms with E-state index in [0.717, 1.165) is 25.2 Å². The number of nitrogens with one attached hydrogen (secondary N) is 2. The van der Waals surface area contributed by atoms with E-state index in [4.69, 9.17) is 17.0 Å². The molecule has 1 saturated heterocycles. The highest BCUT2D eigenvalue weighted by molar-refractivity contribution is 7.80. The van der Waals surface area contributed by atoms with Gasteiger partial charge in [0.25, 0.3) is 0 Å². The molecule has 0 radical (unpaired) electrons. The fraction of sp³-hybridized carbons (Fsp3) is 0.600. The van der Waals surface area contributed by atoms with Crippen LogP contribution in [0.2, 0.25) is 0 Å². The Morgan fingerprint density at radius 1 is 1.33 bits per heavy atom. The van der Waals surface area contributed by atoms with Crippen molar-refractivity contribution < 1.29 is 4.74 Å². The molecule has 0 bridgehead atoms. The van der Waals surface area contributed by atoms with E-state index in [9.17, 15) is 0 Å². The van der Waals surface area contributed by atoms with Gasteiger partial charge >= 0.3 is 0 Å². The van der Waals surface area contributed by atoms with E-state index in [2.05, 4.69) is 20.5 Å². The minimum absolute atomic E-state index is 0.598. The number of aromatic nitrogens is 1. The maximum atomic E-state index is 5.27. The average molecular weight is 308 g/mol. The molecule has 116 valence electrons. The fourth-order valence-corrected chi connectivity index (χ4v) is 2.66. The first kappa shape index (κ1) is 16.0. The van der Waals surface area contributed by atoms with Crippen LogP contribution in [0.4, 0.5) is 5.69 Å². The highest BCUT2D eigenvalue weighted by Gasteiger charge is 2.08. The normalized spacial score (nSPS) is 15.5. The van der Waals surface area contributed by atoms with Crippen LogP contribution in [0.15, 0.2) is 18.3 Å². The molecule has 0 amide bonds. The zero-order valence-corrected chi connectivity index (χ0v) is 13.4. The zero-order chi connectivity index (χ0) is 14.9. The summed E-state index contributed by atoms with van der Waals surface area (Å²) in [6, 6.07) is 3.70. The van der Waals surface area contributed by atoms with Gasteiger partial charge in [0.2, 0.25) is 5.88 Å². The lowest BCUT2D eigenvalue weighted by molar-refractivity contribution is 0.227. The van der Waals surface area contributed by atoms with Gasteiger partial charge in [-0.2, -0.15) is 0 Å². The van der Waals surface area contributed by atoms with Crippen LogP contribution in [0.25, 0.3) is 0 Å². The molecule has 1 aliphatic rings. The van der Waals surface area contributed by atoms with Gasteiger partial charge in [0.15, 0.2) is 5.11 Å². The maximum Gasteiger partial charge on any atom is 0.213 e. The monoisotopic (exact) mass is 308 g/mol. The summed E-state index contributed by atoms with van der Waals surface area (Å²) in [5, 5.41) is 6.99. The molecule has 21 heavy (non-hydrogen) atoms. The second kappa shape index (κ2) is 8.79. The highest BCUT2D eigenvalue weighted by atomic mass is 32.1. The molecule has 2 rings (SSSR count). The van der Waals surface area contributed by atoms with Crippen LogP contribution in [0.3, 0.4) is 0 Å². The zero-order valence-electron chi connectivity index (χ0n) is 12.6. The molecule has 0 aliphatic carbocycles. The number of thiocarbonyl (C=S) groups is 1. The van der Waals surface area contributed by atoms with Gasteiger partial charge in [-0.15, -0.1) is 0 Å². The van der Waals surface area contributed by atoms with Gasteiger partial charge in [-0.3, -0.25) is 0 Å². The third kappa shape index (κ3) is 5.85. The first-order chi connectivity index (χ1) is 10.3.